The Labute approximate surface area is 228 Å². The van der Waals surface area contributed by atoms with Crippen molar-refractivity contribution >= 4 is 23.7 Å². The minimum absolute atomic E-state index is 0.0223. The molecule has 2 N–H and O–H groups in total. The molecule has 2 amide bonds. The summed E-state index contributed by atoms with van der Waals surface area (Å²) >= 11 is 0. The zero-order valence-electron chi connectivity index (χ0n) is 22.6. The number of esters is 1. The van der Waals surface area contributed by atoms with Gasteiger partial charge in [0.25, 0.3) is 0 Å². The van der Waals surface area contributed by atoms with Gasteiger partial charge in [-0.25, -0.2) is 14.4 Å². The van der Waals surface area contributed by atoms with Gasteiger partial charge < -0.3 is 24.6 Å². The Morgan fingerprint density at radius 2 is 1.67 bits per heavy atom. The number of aryl methyl sites for hydroxylation is 1. The molecule has 2 bridgehead atoms. The van der Waals surface area contributed by atoms with Gasteiger partial charge in [0.1, 0.15) is 12.2 Å². The molecule has 39 heavy (non-hydrogen) atoms. The van der Waals surface area contributed by atoms with Gasteiger partial charge in [0.05, 0.1) is 17.7 Å². The van der Waals surface area contributed by atoms with Gasteiger partial charge in [0.15, 0.2) is 0 Å². The van der Waals surface area contributed by atoms with Crippen LogP contribution in [0.2, 0.25) is 0 Å². The van der Waals surface area contributed by atoms with E-state index in [9.17, 15) is 19.5 Å². The molecule has 1 saturated heterocycles. The van der Waals surface area contributed by atoms with Crippen molar-refractivity contribution in [1.29, 1.82) is 0 Å². The maximum Gasteiger partial charge on any atom is 0.410 e. The maximum absolute atomic E-state index is 13.7. The number of fused-ring (bicyclic) bond motifs is 2. The predicted octanol–water partition coefficient (Wildman–Crippen LogP) is 4.48. The third-order valence-electron chi connectivity index (χ3n) is 6.88. The molecule has 0 aromatic heterocycles. The van der Waals surface area contributed by atoms with Crippen LogP contribution in [0.4, 0.5) is 9.59 Å². The normalized spacial score (nSPS) is 19.1. The molecule has 2 aromatic carbocycles. The van der Waals surface area contributed by atoms with Crippen molar-refractivity contribution in [3.63, 3.8) is 0 Å². The number of benzene rings is 2. The molecular formula is C30H36N2O7. The molecule has 0 unspecified atom stereocenters. The first-order chi connectivity index (χ1) is 18.6. The second kappa shape index (κ2) is 11.9. The number of hydrogen-bond donors (Lipinski definition) is 2. The van der Waals surface area contributed by atoms with Gasteiger partial charge in [-0.3, -0.25) is 4.90 Å². The Morgan fingerprint density at radius 1 is 0.974 bits per heavy atom. The van der Waals surface area contributed by atoms with Crippen molar-refractivity contribution in [2.45, 2.75) is 64.3 Å². The fraction of sp³-hybridized carbons (Fsp3) is 0.433. The quantitative estimate of drug-likeness (QED) is 0.501. The van der Waals surface area contributed by atoms with E-state index in [1.54, 1.807) is 20.8 Å². The number of nitrogens with zero attached hydrogens (tertiary/aromatic N) is 2. The molecule has 1 fully saturated rings. The lowest BCUT2D eigenvalue weighted by molar-refractivity contribution is -0.141. The monoisotopic (exact) mass is 536 g/mol. The molecule has 2 aromatic rings. The van der Waals surface area contributed by atoms with E-state index in [1.807, 2.05) is 54.6 Å². The van der Waals surface area contributed by atoms with Gasteiger partial charge in [0, 0.05) is 19.7 Å². The molecule has 2 heterocycles. The fourth-order valence-electron chi connectivity index (χ4n) is 5.16. The summed E-state index contributed by atoms with van der Waals surface area (Å²) in [7, 11) is 0. The summed E-state index contributed by atoms with van der Waals surface area (Å²) in [5.74, 6) is -0.612. The average molecular weight is 537 g/mol. The third-order valence-corrected chi connectivity index (χ3v) is 6.88. The molecule has 9 nitrogen and oxygen atoms in total. The van der Waals surface area contributed by atoms with Crippen molar-refractivity contribution < 1.29 is 34.1 Å². The highest BCUT2D eigenvalue weighted by Gasteiger charge is 2.48. The Bertz CT molecular complexity index is 1220. The SMILES string of the molecule is CC(C)(C)OC(=O)N1C[C@H]2CC(c3ccc(CCCO)cc3)=C(C(=O)OCc3ccccc3)[C@@H](C1)N2C(=O)O. The van der Waals surface area contributed by atoms with E-state index >= 15 is 0 Å². The van der Waals surface area contributed by atoms with Gasteiger partial charge >= 0.3 is 18.2 Å². The molecule has 0 saturated carbocycles. The number of ether oxygens (including phenoxy) is 2. The standard InChI is InChI=1S/C30H36N2O7/c1-30(2,3)39-29(37)31-17-23-16-24(22-13-11-20(12-14-22)10-7-15-33)26(25(18-31)32(23)28(35)36)27(34)38-19-21-8-5-4-6-9-21/h4-6,8-9,11-14,23,25,33H,7,10,15-19H2,1-3H3,(H,35,36)/t23-,25-/m1/s1. The molecule has 208 valence electrons. The van der Waals surface area contributed by atoms with Crippen molar-refractivity contribution in [1.82, 2.24) is 9.80 Å². The van der Waals surface area contributed by atoms with Gasteiger partial charge in [-0.1, -0.05) is 54.6 Å². The van der Waals surface area contributed by atoms with Crippen LogP contribution in [0.15, 0.2) is 60.2 Å². The molecule has 0 spiro atoms. The molecule has 0 radical (unpaired) electrons. The maximum atomic E-state index is 13.7. The fourth-order valence-corrected chi connectivity index (χ4v) is 5.16. The molecule has 2 aliphatic heterocycles. The molecule has 2 aliphatic rings. The van der Waals surface area contributed by atoms with Crippen molar-refractivity contribution in [2.24, 2.45) is 0 Å². The summed E-state index contributed by atoms with van der Waals surface area (Å²) in [5, 5.41) is 19.3. The lowest BCUT2D eigenvalue weighted by Gasteiger charge is -2.49. The van der Waals surface area contributed by atoms with Crippen LogP contribution in [-0.2, 0) is 27.3 Å². The molecule has 4 rings (SSSR count). The number of carbonyl (C=O) groups excluding carboxylic acids is 2. The number of aliphatic hydroxyl groups is 1. The number of aliphatic hydroxyl groups excluding tert-OH is 1. The number of carbonyl (C=O) groups is 3. The summed E-state index contributed by atoms with van der Waals surface area (Å²) in [5.41, 5.74) is 2.91. The Morgan fingerprint density at radius 3 is 2.28 bits per heavy atom. The van der Waals surface area contributed by atoms with E-state index in [1.165, 1.54) is 9.80 Å². The highest BCUT2D eigenvalue weighted by Crippen LogP contribution is 2.39. The van der Waals surface area contributed by atoms with Crippen molar-refractivity contribution in [2.75, 3.05) is 19.7 Å². The second-order valence-electron chi connectivity index (χ2n) is 10.9. The highest BCUT2D eigenvalue weighted by atomic mass is 16.6. The van der Waals surface area contributed by atoms with Crippen LogP contribution in [0, 0.1) is 0 Å². The lowest BCUT2D eigenvalue weighted by Crippen LogP contribution is -2.64. The topological polar surface area (TPSA) is 117 Å². The zero-order chi connectivity index (χ0) is 28.2. The number of carboxylic acid groups (broad SMARTS) is 1. The van der Waals surface area contributed by atoms with Crippen molar-refractivity contribution in [3.8, 4) is 0 Å². The first kappa shape index (κ1) is 28.2. The minimum Gasteiger partial charge on any atom is -0.465 e. The van der Waals surface area contributed by atoms with E-state index in [0.29, 0.717) is 6.42 Å². The Hall–Kier alpha value is -3.85. The summed E-state index contributed by atoms with van der Waals surface area (Å²) in [6, 6.07) is 15.6. The van der Waals surface area contributed by atoms with E-state index in [2.05, 4.69) is 0 Å². The summed E-state index contributed by atoms with van der Waals surface area (Å²) < 4.78 is 11.3. The van der Waals surface area contributed by atoms with Crippen LogP contribution < -0.4 is 0 Å². The number of hydrogen-bond acceptors (Lipinski definition) is 6. The van der Waals surface area contributed by atoms with Gasteiger partial charge in [-0.15, -0.1) is 0 Å². The molecule has 2 atom stereocenters. The molecular weight excluding hydrogens is 500 g/mol. The van der Waals surface area contributed by atoms with Crippen LogP contribution in [0.25, 0.3) is 5.57 Å². The van der Waals surface area contributed by atoms with Gasteiger partial charge in [-0.05, 0) is 62.3 Å². The number of rotatable bonds is 7. The van der Waals surface area contributed by atoms with Gasteiger partial charge in [-0.2, -0.15) is 0 Å². The van der Waals surface area contributed by atoms with Crippen LogP contribution in [0.3, 0.4) is 0 Å². The lowest BCUT2D eigenvalue weighted by atomic mass is 9.82. The van der Waals surface area contributed by atoms with Crippen LogP contribution in [0.1, 0.15) is 50.3 Å². The Balaban J connectivity index is 1.72. The summed E-state index contributed by atoms with van der Waals surface area (Å²) in [4.78, 5) is 41.8. The van der Waals surface area contributed by atoms with E-state index in [0.717, 1.165) is 28.7 Å². The third kappa shape index (κ3) is 6.78. The smallest absolute Gasteiger partial charge is 0.410 e. The minimum atomic E-state index is -1.15. The average Bonchev–Trinajstić information content (AvgIpc) is 2.89. The second-order valence-corrected chi connectivity index (χ2v) is 10.9. The number of piperazine rings is 1. The summed E-state index contributed by atoms with van der Waals surface area (Å²) in [6.07, 6.45) is -0.0765. The largest absolute Gasteiger partial charge is 0.465 e. The van der Waals surface area contributed by atoms with Gasteiger partial charge in [0.2, 0.25) is 0 Å². The van der Waals surface area contributed by atoms with E-state index in [-0.39, 0.29) is 38.3 Å². The van der Waals surface area contributed by atoms with Crippen LogP contribution in [0.5, 0.6) is 0 Å². The molecule has 0 aliphatic carbocycles. The van der Waals surface area contributed by atoms with Crippen molar-refractivity contribution in [3.05, 3.63) is 76.9 Å². The highest BCUT2D eigenvalue weighted by molar-refractivity contribution is 6.00. The summed E-state index contributed by atoms with van der Waals surface area (Å²) in [6.45, 7) is 5.59. The zero-order valence-corrected chi connectivity index (χ0v) is 22.6. The van der Waals surface area contributed by atoms with E-state index in [4.69, 9.17) is 14.6 Å². The molecule has 9 heteroatoms. The first-order valence-electron chi connectivity index (χ1n) is 13.2. The van der Waals surface area contributed by atoms with E-state index < -0.39 is 35.8 Å². The van der Waals surface area contributed by atoms with Crippen LogP contribution >= 0.6 is 0 Å². The Kier molecular flexibility index (Phi) is 8.60. The number of amides is 2. The van der Waals surface area contributed by atoms with Crippen LogP contribution in [-0.4, -0.2) is 75.5 Å². The predicted molar refractivity (Wildman–Crippen MR) is 145 cm³/mol. The first-order valence-corrected chi connectivity index (χ1v) is 13.2.